The predicted octanol–water partition coefficient (Wildman–Crippen LogP) is 2.05. The molecule has 0 aliphatic carbocycles. The molecular formula is C19H29N3. The average molecular weight is 299 g/mol. The molecule has 0 bridgehead atoms. The van der Waals surface area contributed by atoms with Gasteiger partial charge in [-0.15, -0.1) is 0 Å². The molecule has 22 heavy (non-hydrogen) atoms. The second-order valence-corrected chi connectivity index (χ2v) is 7.61. The number of rotatable bonds is 4. The quantitative estimate of drug-likeness (QED) is 0.918. The Morgan fingerprint density at radius 3 is 2.18 bits per heavy atom. The van der Waals surface area contributed by atoms with Crippen LogP contribution in [0.25, 0.3) is 0 Å². The van der Waals surface area contributed by atoms with E-state index >= 15 is 0 Å². The van der Waals surface area contributed by atoms with Crippen molar-refractivity contribution in [3.63, 3.8) is 0 Å². The highest BCUT2D eigenvalue weighted by atomic mass is 15.2. The Balaban J connectivity index is 1.25. The van der Waals surface area contributed by atoms with Gasteiger partial charge in [0.05, 0.1) is 0 Å². The summed E-state index contributed by atoms with van der Waals surface area (Å²) in [6.07, 6.45) is 2.76. The summed E-state index contributed by atoms with van der Waals surface area (Å²) in [5.74, 6) is 2.79. The lowest BCUT2D eigenvalue weighted by Gasteiger charge is -2.28. The normalized spacial score (nSPS) is 30.7. The molecule has 3 heteroatoms. The number of piperidine rings is 1. The van der Waals surface area contributed by atoms with E-state index in [0.29, 0.717) is 0 Å². The molecule has 3 nitrogen and oxygen atoms in total. The Morgan fingerprint density at radius 2 is 1.50 bits per heavy atom. The Kier molecular flexibility index (Phi) is 4.47. The van der Waals surface area contributed by atoms with Crippen molar-refractivity contribution in [1.29, 1.82) is 0 Å². The molecule has 4 rings (SSSR count). The van der Waals surface area contributed by atoms with Gasteiger partial charge in [0.15, 0.2) is 0 Å². The maximum atomic E-state index is 3.48. The van der Waals surface area contributed by atoms with Crippen LogP contribution in [0.1, 0.15) is 18.4 Å². The molecule has 1 aromatic rings. The summed E-state index contributed by atoms with van der Waals surface area (Å²) >= 11 is 0. The average Bonchev–Trinajstić information content (AvgIpc) is 3.07. The van der Waals surface area contributed by atoms with Gasteiger partial charge < -0.3 is 10.2 Å². The van der Waals surface area contributed by atoms with Crippen molar-refractivity contribution in [2.45, 2.75) is 19.4 Å². The van der Waals surface area contributed by atoms with Crippen LogP contribution in [-0.4, -0.2) is 55.6 Å². The van der Waals surface area contributed by atoms with Gasteiger partial charge in [0.2, 0.25) is 0 Å². The van der Waals surface area contributed by atoms with Gasteiger partial charge in [0.1, 0.15) is 0 Å². The molecule has 0 amide bonds. The number of nitrogens with zero attached hydrogens (tertiary/aromatic N) is 2. The van der Waals surface area contributed by atoms with Crippen LogP contribution in [-0.2, 0) is 6.54 Å². The molecule has 0 aromatic heterocycles. The fourth-order valence-corrected chi connectivity index (χ4v) is 4.74. The first-order valence-corrected chi connectivity index (χ1v) is 9.06. The Morgan fingerprint density at radius 1 is 0.864 bits per heavy atom. The van der Waals surface area contributed by atoms with Crippen LogP contribution in [0.2, 0.25) is 0 Å². The monoisotopic (exact) mass is 299 g/mol. The summed E-state index contributed by atoms with van der Waals surface area (Å²) in [5, 5.41) is 3.48. The second-order valence-electron chi connectivity index (χ2n) is 7.61. The first kappa shape index (κ1) is 14.7. The number of fused-ring (bicyclic) bond motifs is 1. The van der Waals surface area contributed by atoms with Crippen molar-refractivity contribution < 1.29 is 0 Å². The Hall–Kier alpha value is -0.900. The van der Waals surface area contributed by atoms with E-state index in [1.54, 1.807) is 0 Å². The lowest BCUT2D eigenvalue weighted by molar-refractivity contribution is 0.207. The Labute approximate surface area is 134 Å². The maximum Gasteiger partial charge on any atom is 0.0233 e. The molecule has 3 saturated heterocycles. The molecule has 0 unspecified atom stereocenters. The van der Waals surface area contributed by atoms with Gasteiger partial charge in [-0.3, -0.25) is 4.90 Å². The van der Waals surface area contributed by atoms with E-state index in [4.69, 9.17) is 0 Å². The van der Waals surface area contributed by atoms with Crippen LogP contribution < -0.4 is 5.32 Å². The first-order chi connectivity index (χ1) is 10.9. The number of likely N-dealkylation sites (tertiary alicyclic amines) is 2. The van der Waals surface area contributed by atoms with Crippen LogP contribution in [0, 0.1) is 17.8 Å². The fourth-order valence-electron chi connectivity index (χ4n) is 4.74. The van der Waals surface area contributed by atoms with Crippen molar-refractivity contribution in [1.82, 2.24) is 15.1 Å². The zero-order valence-electron chi connectivity index (χ0n) is 13.6. The van der Waals surface area contributed by atoms with E-state index in [9.17, 15) is 0 Å². The van der Waals surface area contributed by atoms with Crippen LogP contribution in [0.4, 0.5) is 0 Å². The molecule has 0 spiro atoms. The Bertz CT molecular complexity index is 455. The SMILES string of the molecule is c1ccc(CN2C[C@@H]3CN(CC4CCNCC4)C[C@@H]3C2)cc1. The minimum absolute atomic E-state index is 0.922. The highest BCUT2D eigenvalue weighted by Gasteiger charge is 2.40. The molecule has 1 N–H and O–H groups in total. The molecule has 0 saturated carbocycles. The smallest absolute Gasteiger partial charge is 0.0233 e. The standard InChI is InChI=1S/C19H29N3/c1-2-4-16(5-3-1)10-21-12-18-14-22(15-19(18)13-21)11-17-6-8-20-9-7-17/h1-5,17-20H,6-15H2/t18-,19+. The molecule has 3 fully saturated rings. The topological polar surface area (TPSA) is 18.5 Å². The van der Waals surface area contributed by atoms with E-state index in [1.807, 2.05) is 0 Å². The third kappa shape index (κ3) is 3.37. The predicted molar refractivity (Wildman–Crippen MR) is 90.7 cm³/mol. The first-order valence-electron chi connectivity index (χ1n) is 9.06. The molecule has 3 heterocycles. The molecule has 3 aliphatic rings. The number of hydrogen-bond acceptors (Lipinski definition) is 3. The lowest BCUT2D eigenvalue weighted by Crippen LogP contribution is -2.36. The lowest BCUT2D eigenvalue weighted by atomic mass is 9.98. The second kappa shape index (κ2) is 6.69. The van der Waals surface area contributed by atoms with Gasteiger partial charge in [-0.05, 0) is 49.2 Å². The molecule has 2 atom stereocenters. The van der Waals surface area contributed by atoms with Crippen molar-refractivity contribution in [2.24, 2.45) is 17.8 Å². The highest BCUT2D eigenvalue weighted by molar-refractivity contribution is 5.15. The zero-order valence-corrected chi connectivity index (χ0v) is 13.6. The summed E-state index contributed by atoms with van der Waals surface area (Å²) in [4.78, 5) is 5.44. The molecular weight excluding hydrogens is 270 g/mol. The molecule has 3 aliphatic heterocycles. The largest absolute Gasteiger partial charge is 0.317 e. The number of hydrogen-bond donors (Lipinski definition) is 1. The van der Waals surface area contributed by atoms with E-state index in [1.165, 1.54) is 64.2 Å². The zero-order chi connectivity index (χ0) is 14.8. The fraction of sp³-hybridized carbons (Fsp3) is 0.684. The van der Waals surface area contributed by atoms with E-state index in [0.717, 1.165) is 24.3 Å². The van der Waals surface area contributed by atoms with Crippen molar-refractivity contribution in [3.05, 3.63) is 35.9 Å². The third-order valence-electron chi connectivity index (χ3n) is 5.86. The summed E-state index contributed by atoms with van der Waals surface area (Å²) in [6, 6.07) is 11.0. The van der Waals surface area contributed by atoms with Crippen molar-refractivity contribution in [3.8, 4) is 0 Å². The van der Waals surface area contributed by atoms with Gasteiger partial charge in [-0.1, -0.05) is 30.3 Å². The van der Waals surface area contributed by atoms with Crippen molar-refractivity contribution >= 4 is 0 Å². The number of benzene rings is 1. The minimum atomic E-state index is 0.922. The van der Waals surface area contributed by atoms with E-state index in [-0.39, 0.29) is 0 Å². The van der Waals surface area contributed by atoms with Crippen LogP contribution in [0.3, 0.4) is 0 Å². The van der Waals surface area contributed by atoms with Gasteiger partial charge >= 0.3 is 0 Å². The van der Waals surface area contributed by atoms with Gasteiger partial charge in [-0.25, -0.2) is 0 Å². The molecule has 120 valence electrons. The van der Waals surface area contributed by atoms with Crippen molar-refractivity contribution in [2.75, 3.05) is 45.8 Å². The maximum absolute atomic E-state index is 3.48. The van der Waals surface area contributed by atoms with Crippen LogP contribution in [0.5, 0.6) is 0 Å². The summed E-state index contributed by atoms with van der Waals surface area (Å²) < 4.78 is 0. The minimum Gasteiger partial charge on any atom is -0.317 e. The number of nitrogens with one attached hydrogen (secondary N) is 1. The molecule has 0 radical (unpaired) electrons. The van der Waals surface area contributed by atoms with Gasteiger partial charge in [-0.2, -0.15) is 0 Å². The molecule has 1 aromatic carbocycles. The van der Waals surface area contributed by atoms with Crippen LogP contribution >= 0.6 is 0 Å². The highest BCUT2D eigenvalue weighted by Crippen LogP contribution is 2.32. The van der Waals surface area contributed by atoms with E-state index in [2.05, 4.69) is 45.4 Å². The summed E-state index contributed by atoms with van der Waals surface area (Å²) in [7, 11) is 0. The van der Waals surface area contributed by atoms with Crippen LogP contribution in [0.15, 0.2) is 30.3 Å². The summed E-state index contributed by atoms with van der Waals surface area (Å²) in [6.45, 7) is 10.3. The summed E-state index contributed by atoms with van der Waals surface area (Å²) in [5.41, 5.74) is 1.47. The van der Waals surface area contributed by atoms with Gasteiger partial charge in [0, 0.05) is 39.3 Å². The third-order valence-corrected chi connectivity index (χ3v) is 5.86. The van der Waals surface area contributed by atoms with Gasteiger partial charge in [0.25, 0.3) is 0 Å². The van der Waals surface area contributed by atoms with E-state index < -0.39 is 0 Å².